The third-order valence-electron chi connectivity index (χ3n) is 6.21. The molecule has 2 aromatic carbocycles. The van der Waals surface area contributed by atoms with Gasteiger partial charge in [0.05, 0.1) is 11.1 Å². The maximum Gasteiger partial charge on any atom is 0.255 e. The van der Waals surface area contributed by atoms with Gasteiger partial charge in [-0.2, -0.15) is 0 Å². The number of aromatic nitrogens is 1. The van der Waals surface area contributed by atoms with Crippen LogP contribution < -0.4 is 4.90 Å². The molecule has 0 radical (unpaired) electrons. The molecule has 1 aliphatic rings. The Hall–Kier alpha value is -3.21. The second-order valence-electron chi connectivity index (χ2n) is 8.56. The summed E-state index contributed by atoms with van der Waals surface area (Å²) >= 11 is 0. The van der Waals surface area contributed by atoms with E-state index in [1.54, 1.807) is 13.1 Å². The van der Waals surface area contributed by atoms with Crippen LogP contribution in [0.1, 0.15) is 61.4 Å². The molecule has 1 aliphatic heterocycles. The fraction of sp³-hybridized carbons (Fsp3) is 0.370. The maximum atomic E-state index is 13.6. The van der Waals surface area contributed by atoms with Crippen LogP contribution in [0, 0.1) is 0 Å². The molecule has 5 nitrogen and oxygen atoms in total. The summed E-state index contributed by atoms with van der Waals surface area (Å²) in [7, 11) is 0. The highest BCUT2D eigenvalue weighted by atomic mass is 16.2. The van der Waals surface area contributed by atoms with Crippen molar-refractivity contribution in [1.29, 1.82) is 0 Å². The van der Waals surface area contributed by atoms with E-state index in [0.29, 0.717) is 18.7 Å². The number of hydrogen-bond acceptors (Lipinski definition) is 3. The summed E-state index contributed by atoms with van der Waals surface area (Å²) < 4.78 is 0. The van der Waals surface area contributed by atoms with Crippen LogP contribution in [0.15, 0.2) is 60.8 Å². The minimum absolute atomic E-state index is 0.0118. The van der Waals surface area contributed by atoms with Crippen LogP contribution in [0.4, 0.5) is 5.69 Å². The van der Waals surface area contributed by atoms with Crippen molar-refractivity contribution in [1.82, 2.24) is 9.88 Å². The topological polar surface area (TPSA) is 53.5 Å². The monoisotopic (exact) mass is 429 g/mol. The molecule has 4 rings (SSSR count). The number of carbonyl (C=O) groups is 2. The number of rotatable bonds is 1. The van der Waals surface area contributed by atoms with E-state index in [1.807, 2.05) is 64.4 Å². The van der Waals surface area contributed by atoms with Gasteiger partial charge in [0, 0.05) is 43.8 Å². The number of carbonyl (C=O) groups excluding carboxylic acids is 2. The summed E-state index contributed by atoms with van der Waals surface area (Å²) in [5.74, 6) is 0.0335. The van der Waals surface area contributed by atoms with E-state index in [0.717, 1.165) is 67.2 Å². The first-order valence-electron chi connectivity index (χ1n) is 11.6. The highest BCUT2D eigenvalue weighted by Crippen LogP contribution is 2.25. The van der Waals surface area contributed by atoms with Gasteiger partial charge in [-0.15, -0.1) is 0 Å². The summed E-state index contributed by atoms with van der Waals surface area (Å²) in [6, 6.07) is 17.8. The van der Waals surface area contributed by atoms with E-state index >= 15 is 0 Å². The zero-order valence-electron chi connectivity index (χ0n) is 18.8. The first-order chi connectivity index (χ1) is 15.6. The second-order valence-corrected chi connectivity index (χ2v) is 8.56. The molecule has 0 atom stereocenters. The van der Waals surface area contributed by atoms with Crippen molar-refractivity contribution in [2.45, 2.75) is 52.0 Å². The zero-order valence-corrected chi connectivity index (χ0v) is 18.8. The Morgan fingerprint density at radius 2 is 1.53 bits per heavy atom. The van der Waals surface area contributed by atoms with Crippen LogP contribution in [-0.2, 0) is 11.3 Å². The highest BCUT2D eigenvalue weighted by molar-refractivity contribution is 5.97. The molecule has 0 saturated carbocycles. The number of pyridine rings is 1. The Balaban J connectivity index is 1.67. The van der Waals surface area contributed by atoms with Crippen molar-refractivity contribution in [3.05, 3.63) is 71.9 Å². The first-order valence-corrected chi connectivity index (χ1v) is 11.6. The number of benzene rings is 2. The molecule has 0 N–H and O–H groups in total. The molecule has 2 amide bonds. The predicted octanol–water partition coefficient (Wildman–Crippen LogP) is 5.58. The van der Waals surface area contributed by atoms with Crippen LogP contribution in [0.3, 0.4) is 0 Å². The van der Waals surface area contributed by atoms with Gasteiger partial charge in [-0.3, -0.25) is 14.6 Å². The van der Waals surface area contributed by atoms with E-state index in [1.165, 1.54) is 0 Å². The van der Waals surface area contributed by atoms with Crippen molar-refractivity contribution in [3.8, 4) is 0 Å². The summed E-state index contributed by atoms with van der Waals surface area (Å²) in [6.45, 7) is 3.51. The van der Waals surface area contributed by atoms with Gasteiger partial charge < -0.3 is 9.80 Å². The number of hydrogen-bond donors (Lipinski definition) is 0. The first kappa shape index (κ1) is 22.0. The second kappa shape index (κ2) is 10.4. The van der Waals surface area contributed by atoms with Gasteiger partial charge in [-0.1, -0.05) is 62.1 Å². The molecular weight excluding hydrogens is 398 g/mol. The number of fused-ring (bicyclic) bond motifs is 2. The predicted molar refractivity (Wildman–Crippen MR) is 129 cm³/mol. The summed E-state index contributed by atoms with van der Waals surface area (Å²) in [5, 5.41) is 0.965. The van der Waals surface area contributed by atoms with E-state index in [2.05, 4.69) is 4.98 Å². The van der Waals surface area contributed by atoms with Gasteiger partial charge in [0.1, 0.15) is 0 Å². The molecule has 3 aromatic rings. The van der Waals surface area contributed by atoms with Crippen molar-refractivity contribution < 1.29 is 9.59 Å². The molecule has 0 bridgehead atoms. The van der Waals surface area contributed by atoms with E-state index in [9.17, 15) is 9.59 Å². The van der Waals surface area contributed by atoms with E-state index in [-0.39, 0.29) is 11.8 Å². The van der Waals surface area contributed by atoms with Crippen molar-refractivity contribution in [2.24, 2.45) is 0 Å². The SMILES string of the molecule is CC(=O)N1CCCCCCCCN(C(=O)c2cnc3ccccc3c2)Cc2ccccc21. The molecule has 0 aliphatic carbocycles. The van der Waals surface area contributed by atoms with Crippen LogP contribution in [-0.4, -0.2) is 34.8 Å². The molecule has 32 heavy (non-hydrogen) atoms. The quantitative estimate of drug-likeness (QED) is 0.507. The number of amides is 2. The molecule has 0 spiro atoms. The Bertz CT molecular complexity index is 1090. The number of para-hydroxylation sites is 2. The highest BCUT2D eigenvalue weighted by Gasteiger charge is 2.21. The van der Waals surface area contributed by atoms with Crippen LogP contribution in [0.25, 0.3) is 10.9 Å². The van der Waals surface area contributed by atoms with Crippen LogP contribution >= 0.6 is 0 Å². The summed E-state index contributed by atoms with van der Waals surface area (Å²) in [6.07, 6.45) is 8.21. The average molecular weight is 430 g/mol. The number of anilines is 1. The summed E-state index contributed by atoms with van der Waals surface area (Å²) in [4.78, 5) is 34.3. The van der Waals surface area contributed by atoms with Crippen molar-refractivity contribution in [2.75, 3.05) is 18.0 Å². The van der Waals surface area contributed by atoms with Crippen molar-refractivity contribution in [3.63, 3.8) is 0 Å². The molecule has 0 saturated heterocycles. The van der Waals surface area contributed by atoms with E-state index < -0.39 is 0 Å². The minimum atomic E-state index is -0.0118. The molecule has 0 unspecified atom stereocenters. The molecule has 1 aromatic heterocycles. The van der Waals surface area contributed by atoms with E-state index in [4.69, 9.17) is 0 Å². The molecular formula is C27H31N3O2. The van der Waals surface area contributed by atoms with Gasteiger partial charge >= 0.3 is 0 Å². The van der Waals surface area contributed by atoms with Gasteiger partial charge in [0.25, 0.3) is 5.91 Å². The molecule has 166 valence electrons. The van der Waals surface area contributed by atoms with Gasteiger partial charge in [0.15, 0.2) is 0 Å². The van der Waals surface area contributed by atoms with Crippen LogP contribution in [0.5, 0.6) is 0 Å². The standard InChI is InChI=1S/C27H31N3O2/c1-21(31)30-17-11-5-3-2-4-10-16-29(20-23-13-7-9-15-26(23)30)27(32)24-18-22-12-6-8-14-25(22)28-19-24/h6-9,12-15,18-19H,2-5,10-11,16-17,20H2,1H3. The lowest BCUT2D eigenvalue weighted by Gasteiger charge is -2.28. The van der Waals surface area contributed by atoms with Gasteiger partial charge in [-0.05, 0) is 36.6 Å². The Morgan fingerprint density at radius 1 is 0.844 bits per heavy atom. The smallest absolute Gasteiger partial charge is 0.255 e. The third kappa shape index (κ3) is 5.16. The summed E-state index contributed by atoms with van der Waals surface area (Å²) in [5.41, 5.74) is 3.41. The molecule has 0 fully saturated rings. The number of nitrogens with zero attached hydrogens (tertiary/aromatic N) is 3. The fourth-order valence-electron chi connectivity index (χ4n) is 4.46. The maximum absolute atomic E-state index is 13.6. The third-order valence-corrected chi connectivity index (χ3v) is 6.21. The zero-order chi connectivity index (χ0) is 22.3. The Morgan fingerprint density at radius 3 is 2.34 bits per heavy atom. The lowest BCUT2D eigenvalue weighted by atomic mass is 10.1. The average Bonchev–Trinajstić information content (AvgIpc) is 2.83. The normalized spacial score (nSPS) is 15.9. The lowest BCUT2D eigenvalue weighted by molar-refractivity contribution is -0.116. The largest absolute Gasteiger partial charge is 0.334 e. The molecule has 5 heteroatoms. The fourth-order valence-corrected chi connectivity index (χ4v) is 4.46. The van der Waals surface area contributed by atoms with Crippen molar-refractivity contribution >= 4 is 28.4 Å². The minimum Gasteiger partial charge on any atom is -0.334 e. The Kier molecular flexibility index (Phi) is 7.15. The van der Waals surface area contributed by atoms with Crippen LogP contribution in [0.2, 0.25) is 0 Å². The van der Waals surface area contributed by atoms with Gasteiger partial charge in [0.2, 0.25) is 5.91 Å². The lowest BCUT2D eigenvalue weighted by Crippen LogP contribution is -2.34. The Labute approximate surface area is 190 Å². The van der Waals surface area contributed by atoms with Gasteiger partial charge in [-0.25, -0.2) is 0 Å². The molecule has 2 heterocycles.